The summed E-state index contributed by atoms with van der Waals surface area (Å²) in [4.78, 5) is 18.8. The quantitative estimate of drug-likeness (QED) is 0.849. The molecule has 5 heteroatoms. The van der Waals surface area contributed by atoms with Gasteiger partial charge in [-0.05, 0) is 23.3 Å². The molecular weight excluding hydrogens is 242 g/mol. The number of carboxylic acids is 1. The average molecular weight is 263 g/mol. The number of carbonyl (C=O) groups is 1. The van der Waals surface area contributed by atoms with Gasteiger partial charge in [0.25, 0.3) is 0 Å². The van der Waals surface area contributed by atoms with E-state index in [0.717, 1.165) is 6.54 Å². The first kappa shape index (κ1) is 13.9. The molecule has 1 fully saturated rings. The van der Waals surface area contributed by atoms with Crippen LogP contribution in [-0.4, -0.2) is 27.6 Å². The number of rotatable bonds is 5. The second kappa shape index (κ2) is 4.56. The molecule has 5 nitrogen and oxygen atoms in total. The molecule has 0 saturated heterocycles. The molecule has 0 amide bonds. The van der Waals surface area contributed by atoms with Crippen molar-refractivity contribution < 1.29 is 9.90 Å². The highest BCUT2D eigenvalue weighted by Crippen LogP contribution is 2.67. The van der Waals surface area contributed by atoms with Gasteiger partial charge in [0, 0.05) is 12.7 Å². The minimum Gasteiger partial charge on any atom is -0.478 e. The Kier molecular flexibility index (Phi) is 3.34. The number of aromatic nitrogens is 2. The molecule has 2 rings (SSSR count). The van der Waals surface area contributed by atoms with Crippen LogP contribution in [0.4, 0.5) is 0 Å². The van der Waals surface area contributed by atoms with Crippen LogP contribution in [0.25, 0.3) is 0 Å². The third kappa shape index (κ3) is 2.34. The van der Waals surface area contributed by atoms with Crippen molar-refractivity contribution in [2.75, 3.05) is 6.54 Å². The van der Waals surface area contributed by atoms with Crippen molar-refractivity contribution in [1.29, 1.82) is 0 Å². The van der Waals surface area contributed by atoms with Crippen molar-refractivity contribution in [3.8, 4) is 0 Å². The Hall–Kier alpha value is -1.49. The fourth-order valence-corrected chi connectivity index (χ4v) is 2.85. The van der Waals surface area contributed by atoms with E-state index in [1.54, 1.807) is 0 Å². The van der Waals surface area contributed by atoms with Gasteiger partial charge in [0.05, 0.1) is 5.69 Å². The molecule has 1 aliphatic rings. The summed E-state index contributed by atoms with van der Waals surface area (Å²) in [7, 11) is 0. The lowest BCUT2D eigenvalue weighted by Crippen LogP contribution is -2.21. The molecule has 0 unspecified atom stereocenters. The van der Waals surface area contributed by atoms with Crippen molar-refractivity contribution >= 4 is 5.97 Å². The lowest BCUT2D eigenvalue weighted by molar-refractivity contribution is 0.0694. The normalized spacial score (nSPS) is 20.2. The van der Waals surface area contributed by atoms with E-state index in [4.69, 9.17) is 5.11 Å². The highest BCUT2D eigenvalue weighted by molar-refractivity contribution is 5.88. The Bertz CT molecular complexity index is 483. The van der Waals surface area contributed by atoms with E-state index in [2.05, 4.69) is 43.0 Å². The Labute approximate surface area is 113 Å². The van der Waals surface area contributed by atoms with Crippen LogP contribution in [0.2, 0.25) is 0 Å². The summed E-state index contributed by atoms with van der Waals surface area (Å²) < 4.78 is 0. The molecule has 0 atom stereocenters. The van der Waals surface area contributed by atoms with Gasteiger partial charge in [-0.15, -0.1) is 0 Å². The maximum absolute atomic E-state index is 11.0. The fraction of sp³-hybridized carbons (Fsp3) is 0.643. The maximum atomic E-state index is 11.0. The molecule has 0 bridgehead atoms. The van der Waals surface area contributed by atoms with Gasteiger partial charge in [-0.3, -0.25) is 0 Å². The van der Waals surface area contributed by atoms with Crippen LogP contribution in [0, 0.1) is 16.7 Å². The first-order valence-electron chi connectivity index (χ1n) is 6.51. The monoisotopic (exact) mass is 263 g/mol. The van der Waals surface area contributed by atoms with E-state index in [0.29, 0.717) is 29.0 Å². The number of nitrogens with one attached hydrogen (secondary N) is 1. The second-order valence-corrected chi connectivity index (χ2v) is 6.32. The molecule has 0 aliphatic heterocycles. The number of nitrogens with zero attached hydrogens (tertiary/aromatic N) is 2. The molecule has 1 aliphatic carbocycles. The fourth-order valence-electron chi connectivity index (χ4n) is 2.85. The van der Waals surface area contributed by atoms with Crippen LogP contribution in [0.3, 0.4) is 0 Å². The average Bonchev–Trinajstić information content (AvgIpc) is 2.71. The second-order valence-electron chi connectivity index (χ2n) is 6.32. The molecule has 104 valence electrons. The molecular formula is C14H21N3O2. The SMILES string of the molecule is CC1(C)C(CNCc2ncncc2C(=O)O)C1(C)C. The van der Waals surface area contributed by atoms with E-state index in [1.165, 1.54) is 12.5 Å². The molecule has 2 N–H and O–H groups in total. The molecule has 1 saturated carbocycles. The molecule has 0 aromatic carbocycles. The molecule has 1 aromatic heterocycles. The zero-order valence-electron chi connectivity index (χ0n) is 11.9. The molecule has 1 heterocycles. The van der Waals surface area contributed by atoms with E-state index >= 15 is 0 Å². The Morgan fingerprint density at radius 2 is 2.00 bits per heavy atom. The highest BCUT2D eigenvalue weighted by atomic mass is 16.4. The summed E-state index contributed by atoms with van der Waals surface area (Å²) in [6.07, 6.45) is 2.73. The number of carboxylic acid groups (broad SMARTS) is 1. The van der Waals surface area contributed by atoms with Crippen molar-refractivity contribution in [2.45, 2.75) is 34.2 Å². The number of hydrogen-bond acceptors (Lipinski definition) is 4. The van der Waals surface area contributed by atoms with Crippen molar-refractivity contribution in [1.82, 2.24) is 15.3 Å². The summed E-state index contributed by atoms with van der Waals surface area (Å²) in [6, 6.07) is 0. The minimum atomic E-state index is -0.982. The molecule has 19 heavy (non-hydrogen) atoms. The smallest absolute Gasteiger partial charge is 0.339 e. The van der Waals surface area contributed by atoms with E-state index in [9.17, 15) is 4.79 Å². The topological polar surface area (TPSA) is 75.1 Å². The van der Waals surface area contributed by atoms with Gasteiger partial charge in [-0.25, -0.2) is 14.8 Å². The largest absolute Gasteiger partial charge is 0.478 e. The van der Waals surface area contributed by atoms with Gasteiger partial charge in [-0.1, -0.05) is 27.7 Å². The van der Waals surface area contributed by atoms with Crippen molar-refractivity contribution in [3.63, 3.8) is 0 Å². The highest BCUT2D eigenvalue weighted by Gasteiger charge is 2.63. The molecule has 1 aromatic rings. The third-order valence-electron chi connectivity index (χ3n) is 4.99. The van der Waals surface area contributed by atoms with Gasteiger partial charge in [0.1, 0.15) is 11.9 Å². The number of hydrogen-bond donors (Lipinski definition) is 2. The summed E-state index contributed by atoms with van der Waals surface area (Å²) in [6.45, 7) is 10.4. The van der Waals surface area contributed by atoms with Gasteiger partial charge in [0.2, 0.25) is 0 Å². The van der Waals surface area contributed by atoms with E-state index < -0.39 is 5.97 Å². The summed E-state index contributed by atoms with van der Waals surface area (Å²) >= 11 is 0. The van der Waals surface area contributed by atoms with Gasteiger partial charge >= 0.3 is 5.97 Å². The Balaban J connectivity index is 1.93. The van der Waals surface area contributed by atoms with Crippen molar-refractivity contribution in [2.24, 2.45) is 16.7 Å². The third-order valence-corrected chi connectivity index (χ3v) is 4.99. The maximum Gasteiger partial charge on any atom is 0.339 e. The lowest BCUT2D eigenvalue weighted by atomic mass is 10.0. The Morgan fingerprint density at radius 3 is 2.53 bits per heavy atom. The van der Waals surface area contributed by atoms with E-state index in [1.807, 2.05) is 0 Å². The van der Waals surface area contributed by atoms with Crippen LogP contribution in [0.5, 0.6) is 0 Å². The summed E-state index contributed by atoms with van der Waals surface area (Å²) in [5.74, 6) is -0.375. The Morgan fingerprint density at radius 1 is 1.37 bits per heavy atom. The van der Waals surface area contributed by atoms with Gasteiger partial charge in [-0.2, -0.15) is 0 Å². The zero-order valence-corrected chi connectivity index (χ0v) is 11.9. The minimum absolute atomic E-state index is 0.171. The standard InChI is InChI=1S/C14H21N3O2/c1-13(2)11(14(13,3)4)7-15-6-10-9(12(18)19)5-16-8-17-10/h5,8,11,15H,6-7H2,1-4H3,(H,18,19). The first-order valence-corrected chi connectivity index (χ1v) is 6.51. The van der Waals surface area contributed by atoms with Crippen LogP contribution in [-0.2, 0) is 6.54 Å². The number of aromatic carboxylic acids is 1. The first-order chi connectivity index (χ1) is 8.78. The zero-order chi connectivity index (χ0) is 14.3. The lowest BCUT2D eigenvalue weighted by Gasteiger charge is -2.07. The molecule has 0 spiro atoms. The predicted molar refractivity (Wildman–Crippen MR) is 71.8 cm³/mol. The summed E-state index contributed by atoms with van der Waals surface area (Å²) in [5.41, 5.74) is 1.38. The van der Waals surface area contributed by atoms with E-state index in [-0.39, 0.29) is 5.56 Å². The summed E-state index contributed by atoms with van der Waals surface area (Å²) in [5, 5.41) is 12.4. The van der Waals surface area contributed by atoms with Gasteiger partial charge in [0.15, 0.2) is 0 Å². The van der Waals surface area contributed by atoms with Crippen LogP contribution >= 0.6 is 0 Å². The molecule has 0 radical (unpaired) electrons. The van der Waals surface area contributed by atoms with Crippen molar-refractivity contribution in [3.05, 3.63) is 23.8 Å². The van der Waals surface area contributed by atoms with Gasteiger partial charge < -0.3 is 10.4 Å². The van der Waals surface area contributed by atoms with Crippen LogP contribution < -0.4 is 5.32 Å². The van der Waals surface area contributed by atoms with Crippen LogP contribution in [0.15, 0.2) is 12.5 Å². The predicted octanol–water partition coefficient (Wildman–Crippen LogP) is 1.95. The van der Waals surface area contributed by atoms with Crippen LogP contribution in [0.1, 0.15) is 43.7 Å².